The van der Waals surface area contributed by atoms with E-state index >= 15 is 0 Å². The van der Waals surface area contributed by atoms with Crippen LogP contribution >= 0.6 is 0 Å². The normalized spacial score (nSPS) is 23.6. The Hall–Kier alpha value is -1.60. The summed E-state index contributed by atoms with van der Waals surface area (Å²) >= 11 is 0. The van der Waals surface area contributed by atoms with Crippen LogP contribution in [0.5, 0.6) is 0 Å². The fourth-order valence-corrected chi connectivity index (χ4v) is 4.55. The van der Waals surface area contributed by atoms with Gasteiger partial charge in [-0.2, -0.15) is 0 Å². The van der Waals surface area contributed by atoms with Gasteiger partial charge in [0.1, 0.15) is 13.1 Å². The van der Waals surface area contributed by atoms with E-state index in [4.69, 9.17) is 0 Å². The molecule has 1 fully saturated rings. The number of rotatable bonds is 5. The fourth-order valence-electron chi connectivity index (χ4n) is 4.55. The molecule has 2 atom stereocenters. The van der Waals surface area contributed by atoms with Crippen LogP contribution in [-0.2, 0) is 13.1 Å². The van der Waals surface area contributed by atoms with Crippen LogP contribution in [0.15, 0.2) is 60.7 Å². The largest absolute Gasteiger partial charge is 0.316 e. The molecule has 1 nitrogen and oxygen atoms in total. The minimum atomic E-state index is 0.820. The molecule has 122 valence electrons. The predicted octanol–water partition coefficient (Wildman–Crippen LogP) is 5.27. The van der Waals surface area contributed by atoms with E-state index in [-0.39, 0.29) is 0 Å². The van der Waals surface area contributed by atoms with Gasteiger partial charge >= 0.3 is 0 Å². The van der Waals surface area contributed by atoms with E-state index in [0.717, 1.165) is 24.9 Å². The molecule has 1 heterocycles. The lowest BCUT2D eigenvalue weighted by Gasteiger charge is -2.47. The highest BCUT2D eigenvalue weighted by Gasteiger charge is 2.37. The van der Waals surface area contributed by atoms with E-state index in [2.05, 4.69) is 74.5 Å². The number of hydrogen-bond acceptors (Lipinski definition) is 0. The van der Waals surface area contributed by atoms with Crippen molar-refractivity contribution in [3.63, 3.8) is 0 Å². The first-order chi connectivity index (χ1) is 11.2. The van der Waals surface area contributed by atoms with Crippen molar-refractivity contribution < 1.29 is 4.48 Å². The van der Waals surface area contributed by atoms with Crippen molar-refractivity contribution in [3.05, 3.63) is 71.8 Å². The first-order valence-corrected chi connectivity index (χ1v) is 9.12. The minimum Gasteiger partial charge on any atom is -0.316 e. The number of hydrogen-bond donors (Lipinski definition) is 0. The number of benzene rings is 2. The highest BCUT2D eigenvalue weighted by molar-refractivity contribution is 5.15. The van der Waals surface area contributed by atoms with Crippen LogP contribution in [0.3, 0.4) is 0 Å². The van der Waals surface area contributed by atoms with Crippen LogP contribution in [0.4, 0.5) is 0 Å². The van der Waals surface area contributed by atoms with Crippen molar-refractivity contribution in [1.29, 1.82) is 0 Å². The molecule has 0 bridgehead atoms. The van der Waals surface area contributed by atoms with E-state index in [1.807, 2.05) is 0 Å². The highest BCUT2D eigenvalue weighted by atomic mass is 15.4. The number of nitrogens with zero attached hydrogens (tertiary/aromatic N) is 1. The Balaban J connectivity index is 1.88. The van der Waals surface area contributed by atoms with Crippen LogP contribution in [0.1, 0.15) is 37.8 Å². The fraction of sp³-hybridized carbons (Fsp3) is 0.455. The minimum absolute atomic E-state index is 0.820. The molecular weight excluding hydrogens is 278 g/mol. The van der Waals surface area contributed by atoms with Gasteiger partial charge in [-0.15, -0.1) is 0 Å². The zero-order chi connectivity index (χ0) is 16.1. The Morgan fingerprint density at radius 3 is 1.83 bits per heavy atom. The summed E-state index contributed by atoms with van der Waals surface area (Å²) in [6.45, 7) is 9.77. The monoisotopic (exact) mass is 308 g/mol. The molecule has 2 aromatic carbocycles. The van der Waals surface area contributed by atoms with Gasteiger partial charge in [0.25, 0.3) is 0 Å². The Morgan fingerprint density at radius 2 is 1.35 bits per heavy atom. The summed E-state index contributed by atoms with van der Waals surface area (Å²) in [6, 6.07) is 22.2. The van der Waals surface area contributed by atoms with Gasteiger partial charge in [-0.3, -0.25) is 0 Å². The zero-order valence-corrected chi connectivity index (χ0v) is 14.6. The van der Waals surface area contributed by atoms with E-state index < -0.39 is 0 Å². The van der Waals surface area contributed by atoms with Crippen molar-refractivity contribution in [3.8, 4) is 0 Å². The lowest BCUT2D eigenvalue weighted by molar-refractivity contribution is -0.964. The van der Waals surface area contributed by atoms with E-state index in [1.165, 1.54) is 41.5 Å². The smallest absolute Gasteiger partial charge is 0.105 e. The van der Waals surface area contributed by atoms with Crippen molar-refractivity contribution in [2.45, 2.75) is 39.8 Å². The molecule has 2 aromatic rings. The summed E-state index contributed by atoms with van der Waals surface area (Å²) in [6.07, 6.45) is 2.72. The maximum atomic E-state index is 2.45. The Kier molecular flexibility index (Phi) is 5.17. The van der Waals surface area contributed by atoms with Gasteiger partial charge in [0.05, 0.1) is 13.1 Å². The van der Waals surface area contributed by atoms with E-state index in [9.17, 15) is 0 Å². The summed E-state index contributed by atoms with van der Waals surface area (Å²) in [5, 5.41) is 0. The predicted molar refractivity (Wildman–Crippen MR) is 97.8 cm³/mol. The SMILES string of the molecule is CCC1CC(C)C[N+](Cc2ccccc2)(Cc2ccccc2)C1. The average molecular weight is 308 g/mol. The molecule has 0 saturated carbocycles. The summed E-state index contributed by atoms with van der Waals surface area (Å²) in [5.41, 5.74) is 2.96. The summed E-state index contributed by atoms with van der Waals surface area (Å²) < 4.78 is 1.22. The second kappa shape index (κ2) is 7.31. The third kappa shape index (κ3) is 4.23. The summed E-state index contributed by atoms with van der Waals surface area (Å²) in [7, 11) is 0. The highest BCUT2D eigenvalue weighted by Crippen LogP contribution is 2.33. The molecule has 0 radical (unpaired) electrons. The molecular formula is C22H30N+. The molecule has 0 N–H and O–H groups in total. The van der Waals surface area contributed by atoms with Crippen molar-refractivity contribution >= 4 is 0 Å². The van der Waals surface area contributed by atoms with Gasteiger partial charge in [-0.25, -0.2) is 0 Å². The quantitative estimate of drug-likeness (QED) is 0.660. The van der Waals surface area contributed by atoms with Crippen LogP contribution in [0, 0.1) is 11.8 Å². The van der Waals surface area contributed by atoms with E-state index in [0.29, 0.717) is 0 Å². The molecule has 0 amide bonds. The molecule has 1 heteroatoms. The third-order valence-corrected chi connectivity index (χ3v) is 5.38. The van der Waals surface area contributed by atoms with Crippen molar-refractivity contribution in [2.24, 2.45) is 11.8 Å². The lowest BCUT2D eigenvalue weighted by Crippen LogP contribution is -2.55. The first-order valence-electron chi connectivity index (χ1n) is 9.12. The third-order valence-electron chi connectivity index (χ3n) is 5.38. The van der Waals surface area contributed by atoms with Crippen LogP contribution < -0.4 is 0 Å². The topological polar surface area (TPSA) is 0 Å². The van der Waals surface area contributed by atoms with Gasteiger partial charge in [-0.05, 0) is 12.8 Å². The Bertz CT molecular complexity index is 548. The maximum Gasteiger partial charge on any atom is 0.105 e. The zero-order valence-electron chi connectivity index (χ0n) is 14.6. The summed E-state index contributed by atoms with van der Waals surface area (Å²) in [5.74, 6) is 1.69. The van der Waals surface area contributed by atoms with Crippen LogP contribution in [-0.4, -0.2) is 17.6 Å². The average Bonchev–Trinajstić information content (AvgIpc) is 2.56. The Morgan fingerprint density at radius 1 is 0.826 bits per heavy atom. The number of quaternary nitrogens is 1. The maximum absolute atomic E-state index is 2.45. The van der Waals surface area contributed by atoms with Gasteiger partial charge in [0.15, 0.2) is 0 Å². The molecule has 23 heavy (non-hydrogen) atoms. The van der Waals surface area contributed by atoms with Gasteiger partial charge in [0.2, 0.25) is 0 Å². The molecule has 0 aromatic heterocycles. The molecule has 1 aliphatic heterocycles. The molecule has 0 spiro atoms. The molecule has 2 unspecified atom stereocenters. The molecule has 3 rings (SSSR count). The van der Waals surface area contributed by atoms with Crippen LogP contribution in [0.25, 0.3) is 0 Å². The second-order valence-electron chi connectivity index (χ2n) is 7.61. The molecule has 1 saturated heterocycles. The van der Waals surface area contributed by atoms with Gasteiger partial charge in [-0.1, -0.05) is 74.5 Å². The molecule has 0 aliphatic carbocycles. The Labute approximate surface area is 141 Å². The van der Waals surface area contributed by atoms with Crippen molar-refractivity contribution in [1.82, 2.24) is 0 Å². The lowest BCUT2D eigenvalue weighted by atomic mass is 9.86. The van der Waals surface area contributed by atoms with Crippen molar-refractivity contribution in [2.75, 3.05) is 13.1 Å². The number of piperidine rings is 1. The van der Waals surface area contributed by atoms with Gasteiger partial charge in [0, 0.05) is 23.0 Å². The first kappa shape index (κ1) is 16.3. The standard InChI is InChI=1S/C22H30N/c1-3-20-14-19(2)15-23(16-20,17-21-10-6-4-7-11-21)18-22-12-8-5-9-13-22/h4-13,19-20H,3,14-18H2,1-2H3/q+1. The van der Waals surface area contributed by atoms with Gasteiger partial charge < -0.3 is 4.48 Å². The number of likely N-dealkylation sites (tertiary alicyclic amines) is 1. The molecule has 1 aliphatic rings. The van der Waals surface area contributed by atoms with Crippen LogP contribution in [0.2, 0.25) is 0 Å². The van der Waals surface area contributed by atoms with E-state index in [1.54, 1.807) is 0 Å². The summed E-state index contributed by atoms with van der Waals surface area (Å²) in [4.78, 5) is 0. The second-order valence-corrected chi connectivity index (χ2v) is 7.61.